The van der Waals surface area contributed by atoms with Crippen LogP contribution in [0.2, 0.25) is 0 Å². The van der Waals surface area contributed by atoms with Crippen LogP contribution in [0, 0.1) is 5.92 Å². The minimum Gasteiger partial charge on any atom is -0.489 e. The first-order valence-electron chi connectivity index (χ1n) is 12.0. The van der Waals surface area contributed by atoms with Gasteiger partial charge < -0.3 is 14.7 Å². The lowest BCUT2D eigenvalue weighted by Crippen LogP contribution is -2.25. The van der Waals surface area contributed by atoms with Gasteiger partial charge in [0.2, 0.25) is 0 Å². The fourth-order valence-electron chi connectivity index (χ4n) is 3.47. The molecule has 6 heteroatoms. The van der Waals surface area contributed by atoms with Crippen molar-refractivity contribution in [3.8, 4) is 5.75 Å². The lowest BCUT2D eigenvalue weighted by atomic mass is 10.1. The van der Waals surface area contributed by atoms with Gasteiger partial charge in [-0.2, -0.15) is 0 Å². The summed E-state index contributed by atoms with van der Waals surface area (Å²) in [5.41, 5.74) is 4.54. The highest BCUT2D eigenvalue weighted by Gasteiger charge is 2.14. The van der Waals surface area contributed by atoms with E-state index in [4.69, 9.17) is 14.8 Å². The van der Waals surface area contributed by atoms with Crippen molar-refractivity contribution in [3.05, 3.63) is 76.3 Å². The third-order valence-corrected chi connectivity index (χ3v) is 6.62. The molecule has 0 aliphatic heterocycles. The van der Waals surface area contributed by atoms with Gasteiger partial charge in [-0.3, -0.25) is 4.79 Å². The van der Waals surface area contributed by atoms with Crippen molar-refractivity contribution in [3.63, 3.8) is 0 Å². The maximum absolute atomic E-state index is 10.7. The van der Waals surface area contributed by atoms with Crippen molar-refractivity contribution < 1.29 is 14.6 Å². The number of aliphatic carboxylic acids is 1. The zero-order valence-electron chi connectivity index (χ0n) is 20.7. The maximum Gasteiger partial charge on any atom is 0.303 e. The molecule has 0 amide bonds. The largest absolute Gasteiger partial charge is 0.489 e. The average molecular weight is 481 g/mol. The summed E-state index contributed by atoms with van der Waals surface area (Å²) < 4.78 is 5.92. The Morgan fingerprint density at radius 3 is 2.24 bits per heavy atom. The van der Waals surface area contributed by atoms with E-state index in [2.05, 4.69) is 62.2 Å². The van der Waals surface area contributed by atoms with E-state index in [0.29, 0.717) is 24.9 Å². The molecule has 3 aromatic rings. The molecule has 0 aliphatic rings. The van der Waals surface area contributed by atoms with Gasteiger partial charge in [0.1, 0.15) is 12.4 Å². The number of carboxylic acids is 1. The van der Waals surface area contributed by atoms with Gasteiger partial charge in [-0.25, -0.2) is 4.98 Å². The molecular formula is C28H36N2O3S. The number of anilines is 1. The summed E-state index contributed by atoms with van der Waals surface area (Å²) in [6.07, 6.45) is 1.81. The van der Waals surface area contributed by atoms with Crippen LogP contribution in [-0.4, -0.2) is 22.6 Å². The zero-order chi connectivity index (χ0) is 24.5. The molecule has 1 N–H and O–H groups in total. The summed E-state index contributed by atoms with van der Waals surface area (Å²) in [6.45, 7) is 11.2. The van der Waals surface area contributed by atoms with Crippen molar-refractivity contribution in [2.24, 2.45) is 5.92 Å². The average Bonchev–Trinajstić information content (AvgIpc) is 3.31. The molecule has 2 aromatic carbocycles. The van der Waals surface area contributed by atoms with Crippen LogP contribution in [0.15, 0.2) is 53.9 Å². The Morgan fingerprint density at radius 1 is 1.00 bits per heavy atom. The highest BCUT2D eigenvalue weighted by atomic mass is 32.1. The number of aryl methyl sites for hydroxylation is 1. The van der Waals surface area contributed by atoms with Gasteiger partial charge in [0, 0.05) is 24.9 Å². The predicted molar refractivity (Wildman–Crippen MR) is 140 cm³/mol. The minimum absolute atomic E-state index is 0.142. The summed E-state index contributed by atoms with van der Waals surface area (Å²) in [6, 6.07) is 16.2. The van der Waals surface area contributed by atoms with Gasteiger partial charge in [-0.05, 0) is 53.5 Å². The van der Waals surface area contributed by atoms with E-state index in [1.807, 2.05) is 24.3 Å². The number of nitrogens with zero attached hydrogens (tertiary/aromatic N) is 2. The van der Waals surface area contributed by atoms with Crippen LogP contribution in [0.25, 0.3) is 0 Å². The van der Waals surface area contributed by atoms with Crippen LogP contribution in [0.4, 0.5) is 5.13 Å². The van der Waals surface area contributed by atoms with Gasteiger partial charge in [0.05, 0.1) is 5.69 Å². The number of hydrogen-bond acceptors (Lipinski definition) is 5. The van der Waals surface area contributed by atoms with Crippen molar-refractivity contribution >= 4 is 22.4 Å². The Kier molecular flexibility index (Phi) is 9.52. The van der Waals surface area contributed by atoms with Crippen LogP contribution in [0.5, 0.6) is 5.75 Å². The van der Waals surface area contributed by atoms with E-state index >= 15 is 0 Å². The van der Waals surface area contributed by atoms with Gasteiger partial charge in [0.15, 0.2) is 5.13 Å². The van der Waals surface area contributed by atoms with Gasteiger partial charge in [0.25, 0.3) is 0 Å². The summed E-state index contributed by atoms with van der Waals surface area (Å²) >= 11 is 1.74. The number of ether oxygens (including phenoxy) is 1. The smallest absolute Gasteiger partial charge is 0.303 e. The van der Waals surface area contributed by atoms with E-state index in [0.717, 1.165) is 47.2 Å². The van der Waals surface area contributed by atoms with Gasteiger partial charge in [-0.1, -0.05) is 64.1 Å². The minimum atomic E-state index is -0.779. The van der Waals surface area contributed by atoms with Crippen molar-refractivity contribution in [2.45, 2.75) is 66.0 Å². The fraction of sp³-hybridized carbons (Fsp3) is 0.429. The molecule has 0 saturated carbocycles. The Bertz CT molecular complexity index is 1030. The second-order valence-electron chi connectivity index (χ2n) is 9.46. The normalized spacial score (nSPS) is 11.2. The summed E-state index contributed by atoms with van der Waals surface area (Å²) in [7, 11) is 0. The van der Waals surface area contributed by atoms with E-state index < -0.39 is 5.97 Å². The molecule has 0 unspecified atom stereocenters. The number of carboxylic acid groups (broad SMARTS) is 1. The lowest BCUT2D eigenvalue weighted by molar-refractivity contribution is -0.136. The van der Waals surface area contributed by atoms with E-state index in [-0.39, 0.29) is 6.42 Å². The molecule has 0 radical (unpaired) electrons. The third kappa shape index (κ3) is 8.17. The molecule has 0 bridgehead atoms. The lowest BCUT2D eigenvalue weighted by Gasteiger charge is -2.23. The van der Waals surface area contributed by atoms with Gasteiger partial charge in [-0.15, -0.1) is 11.3 Å². The van der Waals surface area contributed by atoms with Gasteiger partial charge >= 0.3 is 5.97 Å². The highest BCUT2D eigenvalue weighted by molar-refractivity contribution is 7.13. The molecule has 34 heavy (non-hydrogen) atoms. The van der Waals surface area contributed by atoms with Crippen LogP contribution in [0.3, 0.4) is 0 Å². The molecule has 0 fully saturated rings. The molecule has 3 rings (SSSR count). The molecule has 1 heterocycles. The number of aromatic nitrogens is 1. The number of hydrogen-bond donors (Lipinski definition) is 1. The molecule has 0 aliphatic carbocycles. The van der Waals surface area contributed by atoms with Crippen LogP contribution in [0.1, 0.15) is 68.8 Å². The molecule has 0 saturated heterocycles. The Hall–Kier alpha value is -2.86. The highest BCUT2D eigenvalue weighted by Crippen LogP contribution is 2.27. The molecule has 1 aromatic heterocycles. The number of carbonyl (C=O) groups is 1. The molecule has 0 spiro atoms. The quantitative estimate of drug-likeness (QED) is 0.288. The van der Waals surface area contributed by atoms with Crippen molar-refractivity contribution in [1.82, 2.24) is 4.98 Å². The van der Waals surface area contributed by atoms with Crippen LogP contribution in [-0.2, 0) is 24.4 Å². The maximum atomic E-state index is 10.7. The van der Waals surface area contributed by atoms with E-state index in [1.54, 1.807) is 11.3 Å². The first-order chi connectivity index (χ1) is 16.3. The molecule has 5 nitrogen and oxygen atoms in total. The van der Waals surface area contributed by atoms with Crippen molar-refractivity contribution in [1.29, 1.82) is 0 Å². The summed E-state index contributed by atoms with van der Waals surface area (Å²) in [5.74, 6) is 1.10. The summed E-state index contributed by atoms with van der Waals surface area (Å²) in [5, 5.41) is 12.1. The fourth-order valence-corrected chi connectivity index (χ4v) is 4.49. The Balaban J connectivity index is 1.57. The standard InChI is InChI=1S/C28H36N2O3S/c1-20(2)15-16-30(28-29-26(19-34-28)21(3)4)17-23-5-7-24(8-6-23)18-33-25-12-9-22(10-13-25)11-14-27(31)32/h5-10,12-13,19-21H,11,14-18H2,1-4H3,(H,31,32). The predicted octanol–water partition coefficient (Wildman–Crippen LogP) is 6.92. The van der Waals surface area contributed by atoms with E-state index in [1.165, 1.54) is 5.56 Å². The van der Waals surface area contributed by atoms with Crippen LogP contribution < -0.4 is 9.64 Å². The Labute approximate surface area is 207 Å². The molecule has 182 valence electrons. The zero-order valence-corrected chi connectivity index (χ0v) is 21.5. The second kappa shape index (κ2) is 12.6. The summed E-state index contributed by atoms with van der Waals surface area (Å²) in [4.78, 5) is 18.0. The number of thiazole rings is 1. The van der Waals surface area contributed by atoms with E-state index in [9.17, 15) is 4.79 Å². The third-order valence-electron chi connectivity index (χ3n) is 5.70. The Morgan fingerprint density at radius 2 is 1.65 bits per heavy atom. The topological polar surface area (TPSA) is 62.7 Å². The van der Waals surface area contributed by atoms with Crippen molar-refractivity contribution in [2.75, 3.05) is 11.4 Å². The number of benzene rings is 2. The molecular weight excluding hydrogens is 444 g/mol. The number of rotatable bonds is 13. The molecule has 0 atom stereocenters. The SMILES string of the molecule is CC(C)CCN(Cc1ccc(COc2ccc(CCC(=O)O)cc2)cc1)c1nc(C(C)C)cs1. The first-order valence-corrected chi connectivity index (χ1v) is 12.9. The first kappa shape index (κ1) is 25.8. The van der Waals surface area contributed by atoms with Crippen LogP contribution >= 0.6 is 11.3 Å². The monoisotopic (exact) mass is 480 g/mol. The second-order valence-corrected chi connectivity index (χ2v) is 10.3.